The molecule has 2 atom stereocenters. The molecule has 2 bridgehead atoms. The number of aryl methyl sites for hydroxylation is 1. The number of fused-ring (bicyclic) bond motifs is 2. The molecule has 0 amide bonds. The summed E-state index contributed by atoms with van der Waals surface area (Å²) in [5.41, 5.74) is 4.44. The summed E-state index contributed by atoms with van der Waals surface area (Å²) in [5, 5.41) is 3.53. The number of benzene rings is 2. The summed E-state index contributed by atoms with van der Waals surface area (Å²) in [6.45, 7) is 7.08. The summed E-state index contributed by atoms with van der Waals surface area (Å²) in [6.07, 6.45) is 6.22. The normalized spacial score (nSPS) is 25.8. The Balaban J connectivity index is 1.14. The van der Waals surface area contributed by atoms with Gasteiger partial charge in [0.2, 0.25) is 0 Å². The van der Waals surface area contributed by atoms with Gasteiger partial charge in [0.05, 0.1) is 18.9 Å². The molecule has 32 heavy (non-hydrogen) atoms. The van der Waals surface area contributed by atoms with Crippen LogP contribution in [0.15, 0.2) is 42.5 Å². The van der Waals surface area contributed by atoms with Gasteiger partial charge in [-0.2, -0.15) is 0 Å². The molecule has 2 aromatic rings. The maximum Gasteiger partial charge on any atom is 0.148 e. The monoisotopic (exact) mass is 437 g/mol. The van der Waals surface area contributed by atoms with Crippen molar-refractivity contribution >= 4 is 11.4 Å². The van der Waals surface area contributed by atoms with Crippen LogP contribution in [0.3, 0.4) is 0 Å². The highest BCUT2D eigenvalue weighted by Gasteiger charge is 2.40. The second-order valence-electron chi connectivity index (χ2n) is 9.71. The van der Waals surface area contributed by atoms with Gasteiger partial charge in [0.25, 0.3) is 0 Å². The van der Waals surface area contributed by atoms with Gasteiger partial charge in [-0.1, -0.05) is 31.2 Å². The van der Waals surface area contributed by atoms with E-state index in [0.717, 1.165) is 38.3 Å². The molecule has 172 valence electrons. The molecule has 3 saturated heterocycles. The van der Waals surface area contributed by atoms with Crippen LogP contribution in [0, 0.1) is 11.7 Å². The molecular weight excluding hydrogens is 401 g/mol. The van der Waals surface area contributed by atoms with Gasteiger partial charge in [0.1, 0.15) is 5.82 Å². The van der Waals surface area contributed by atoms with Gasteiger partial charge in [0, 0.05) is 44.0 Å². The highest BCUT2D eigenvalue weighted by Crippen LogP contribution is 2.39. The Bertz CT molecular complexity index is 882. The number of halogens is 1. The molecule has 1 N–H and O–H groups in total. The molecule has 3 fully saturated rings. The summed E-state index contributed by atoms with van der Waals surface area (Å²) in [4.78, 5) is 4.82. The van der Waals surface area contributed by atoms with E-state index < -0.39 is 0 Å². The minimum atomic E-state index is -0.138. The second kappa shape index (κ2) is 9.80. The SMILES string of the molecule is CCc1ccc(CN2C3CCC2CC(CNc2ccc(N4CCOCC4)c(F)c2)C3)cc1. The fourth-order valence-electron chi connectivity index (χ4n) is 5.84. The van der Waals surface area contributed by atoms with Gasteiger partial charge in [-0.3, -0.25) is 4.90 Å². The molecule has 2 unspecified atom stereocenters. The van der Waals surface area contributed by atoms with E-state index in [1.54, 1.807) is 6.07 Å². The Hall–Kier alpha value is -2.11. The number of anilines is 2. The highest BCUT2D eigenvalue weighted by atomic mass is 19.1. The Kier molecular flexibility index (Phi) is 6.65. The zero-order valence-corrected chi connectivity index (χ0v) is 19.2. The first kappa shape index (κ1) is 21.7. The summed E-state index contributed by atoms with van der Waals surface area (Å²) in [5.74, 6) is 0.522. The molecule has 2 aromatic carbocycles. The molecule has 3 aliphatic rings. The van der Waals surface area contributed by atoms with Gasteiger partial charge < -0.3 is 15.0 Å². The lowest BCUT2D eigenvalue weighted by Crippen LogP contribution is -2.43. The van der Waals surface area contributed by atoms with E-state index in [9.17, 15) is 4.39 Å². The average molecular weight is 438 g/mol. The zero-order valence-electron chi connectivity index (χ0n) is 19.2. The van der Waals surface area contributed by atoms with Crippen LogP contribution in [-0.4, -0.2) is 49.8 Å². The lowest BCUT2D eigenvalue weighted by atomic mass is 9.90. The first-order chi connectivity index (χ1) is 15.7. The van der Waals surface area contributed by atoms with Crippen LogP contribution < -0.4 is 10.2 Å². The molecule has 3 heterocycles. The first-order valence-electron chi connectivity index (χ1n) is 12.4. The lowest BCUT2D eigenvalue weighted by Gasteiger charge is -2.39. The number of nitrogens with zero attached hydrogens (tertiary/aromatic N) is 2. The predicted molar refractivity (Wildman–Crippen MR) is 129 cm³/mol. The molecule has 0 aromatic heterocycles. The molecule has 5 heteroatoms. The number of hydrogen-bond donors (Lipinski definition) is 1. The second-order valence-corrected chi connectivity index (χ2v) is 9.71. The third kappa shape index (κ3) is 4.79. The summed E-state index contributed by atoms with van der Waals surface area (Å²) in [6, 6.07) is 16.1. The van der Waals surface area contributed by atoms with Crippen molar-refractivity contribution in [1.29, 1.82) is 0 Å². The standard InChI is InChI=1S/C27H36FN3O/c1-2-20-3-5-21(6-4-20)19-31-24-8-9-25(31)16-22(15-24)18-29-23-7-10-27(26(28)17-23)30-11-13-32-14-12-30/h3-7,10,17,22,24-25,29H,2,8-9,11-16,18-19H2,1H3. The fraction of sp³-hybridized carbons (Fsp3) is 0.556. The topological polar surface area (TPSA) is 27.7 Å². The Morgan fingerprint density at radius 2 is 1.66 bits per heavy atom. The smallest absolute Gasteiger partial charge is 0.148 e. The quantitative estimate of drug-likeness (QED) is 0.654. The number of morpholine rings is 1. The molecule has 3 aliphatic heterocycles. The zero-order chi connectivity index (χ0) is 21.9. The van der Waals surface area contributed by atoms with Crippen molar-refractivity contribution < 1.29 is 9.13 Å². The molecule has 0 radical (unpaired) electrons. The largest absolute Gasteiger partial charge is 0.385 e. The maximum absolute atomic E-state index is 14.7. The third-order valence-corrected chi connectivity index (χ3v) is 7.67. The van der Waals surface area contributed by atoms with Crippen molar-refractivity contribution in [2.24, 2.45) is 5.92 Å². The van der Waals surface area contributed by atoms with Crippen LogP contribution in [0.25, 0.3) is 0 Å². The number of piperidine rings is 1. The van der Waals surface area contributed by atoms with Crippen LogP contribution in [0.2, 0.25) is 0 Å². The molecule has 0 aliphatic carbocycles. The van der Waals surface area contributed by atoms with E-state index in [-0.39, 0.29) is 5.82 Å². The molecule has 0 spiro atoms. The van der Waals surface area contributed by atoms with E-state index in [0.29, 0.717) is 36.9 Å². The summed E-state index contributed by atoms with van der Waals surface area (Å²) in [7, 11) is 0. The maximum atomic E-state index is 14.7. The number of nitrogens with one attached hydrogen (secondary N) is 1. The molecule has 0 saturated carbocycles. The van der Waals surface area contributed by atoms with Crippen molar-refractivity contribution in [3.63, 3.8) is 0 Å². The van der Waals surface area contributed by atoms with E-state index >= 15 is 0 Å². The van der Waals surface area contributed by atoms with Crippen LogP contribution in [-0.2, 0) is 17.7 Å². The van der Waals surface area contributed by atoms with E-state index in [1.165, 1.54) is 36.8 Å². The Morgan fingerprint density at radius 3 is 2.31 bits per heavy atom. The highest BCUT2D eigenvalue weighted by molar-refractivity contribution is 5.56. The van der Waals surface area contributed by atoms with Crippen molar-refractivity contribution in [3.8, 4) is 0 Å². The minimum absolute atomic E-state index is 0.138. The van der Waals surface area contributed by atoms with Crippen LogP contribution in [0.5, 0.6) is 0 Å². The van der Waals surface area contributed by atoms with Crippen molar-refractivity contribution in [2.75, 3.05) is 43.1 Å². The third-order valence-electron chi connectivity index (χ3n) is 7.67. The van der Waals surface area contributed by atoms with E-state index in [2.05, 4.69) is 46.3 Å². The number of hydrogen-bond acceptors (Lipinski definition) is 4. The molecule has 4 nitrogen and oxygen atoms in total. The number of rotatable bonds is 7. The minimum Gasteiger partial charge on any atom is -0.385 e. The van der Waals surface area contributed by atoms with Gasteiger partial charge >= 0.3 is 0 Å². The summed E-state index contributed by atoms with van der Waals surface area (Å²) >= 11 is 0. The van der Waals surface area contributed by atoms with E-state index in [4.69, 9.17) is 4.74 Å². The predicted octanol–water partition coefficient (Wildman–Crippen LogP) is 5.08. The number of ether oxygens (including phenoxy) is 1. The van der Waals surface area contributed by atoms with Crippen LogP contribution in [0.4, 0.5) is 15.8 Å². The molecule has 5 rings (SSSR count). The Labute approximate surface area is 191 Å². The van der Waals surface area contributed by atoms with Gasteiger partial charge in [-0.25, -0.2) is 4.39 Å². The van der Waals surface area contributed by atoms with Gasteiger partial charge in [0.15, 0.2) is 0 Å². The lowest BCUT2D eigenvalue weighted by molar-refractivity contribution is 0.100. The van der Waals surface area contributed by atoms with Gasteiger partial charge in [-0.15, -0.1) is 0 Å². The summed E-state index contributed by atoms with van der Waals surface area (Å²) < 4.78 is 20.1. The van der Waals surface area contributed by atoms with Crippen LogP contribution in [0.1, 0.15) is 43.7 Å². The van der Waals surface area contributed by atoms with Gasteiger partial charge in [-0.05, 0) is 67.3 Å². The van der Waals surface area contributed by atoms with Crippen LogP contribution >= 0.6 is 0 Å². The van der Waals surface area contributed by atoms with E-state index in [1.807, 2.05) is 12.1 Å². The van der Waals surface area contributed by atoms with Crippen molar-refractivity contribution in [3.05, 3.63) is 59.4 Å². The van der Waals surface area contributed by atoms with Crippen molar-refractivity contribution in [1.82, 2.24) is 4.90 Å². The van der Waals surface area contributed by atoms with Crippen molar-refractivity contribution in [2.45, 2.75) is 57.7 Å². The molecular formula is C27H36FN3O. The Morgan fingerprint density at radius 1 is 0.969 bits per heavy atom. The first-order valence-corrected chi connectivity index (χ1v) is 12.4. The average Bonchev–Trinajstić information content (AvgIpc) is 3.05. The fourth-order valence-corrected chi connectivity index (χ4v) is 5.84.